The van der Waals surface area contributed by atoms with Crippen LogP contribution in [0.25, 0.3) is 0 Å². The molecular weight excluding hydrogens is 256 g/mol. The molecule has 1 aliphatic rings. The second-order valence-electron chi connectivity index (χ2n) is 5.36. The molecule has 6 nitrogen and oxygen atoms in total. The number of rotatable bonds is 7. The molecule has 0 aliphatic heterocycles. The van der Waals surface area contributed by atoms with Gasteiger partial charge < -0.3 is 19.8 Å². The highest BCUT2D eigenvalue weighted by molar-refractivity contribution is 5.19. The van der Waals surface area contributed by atoms with Crippen molar-refractivity contribution in [2.24, 2.45) is 0 Å². The predicted molar refractivity (Wildman–Crippen MR) is 77.6 cm³/mol. The third-order valence-corrected chi connectivity index (χ3v) is 3.66. The van der Waals surface area contributed by atoms with Crippen LogP contribution in [0.5, 0.6) is 0 Å². The average molecular weight is 282 g/mol. The molecule has 0 saturated heterocycles. The lowest BCUT2D eigenvalue weighted by molar-refractivity contribution is 0.198. The van der Waals surface area contributed by atoms with E-state index >= 15 is 0 Å². The van der Waals surface area contributed by atoms with Crippen LogP contribution in [-0.2, 0) is 11.3 Å². The standard InChI is InChI=1S/C14H26N4O2/c1-19-10-9-15-11-13-17-18-14(20-13)16-12-7-5-3-2-4-6-8-12/h12,15H,2-11H2,1H3,(H,16,18). The molecule has 1 aliphatic carbocycles. The van der Waals surface area contributed by atoms with Gasteiger partial charge in [-0.3, -0.25) is 0 Å². The van der Waals surface area contributed by atoms with Crippen molar-refractivity contribution in [2.75, 3.05) is 25.6 Å². The Morgan fingerprint density at radius 3 is 2.65 bits per heavy atom. The molecule has 1 aromatic heterocycles. The van der Waals surface area contributed by atoms with Gasteiger partial charge in [-0.25, -0.2) is 0 Å². The average Bonchev–Trinajstić information content (AvgIpc) is 2.85. The van der Waals surface area contributed by atoms with E-state index in [2.05, 4.69) is 20.8 Å². The van der Waals surface area contributed by atoms with Crippen LogP contribution in [0.15, 0.2) is 4.42 Å². The van der Waals surface area contributed by atoms with Crippen LogP contribution in [0.1, 0.15) is 50.8 Å². The molecule has 1 heterocycles. The van der Waals surface area contributed by atoms with Gasteiger partial charge in [0.25, 0.3) is 0 Å². The van der Waals surface area contributed by atoms with E-state index < -0.39 is 0 Å². The Morgan fingerprint density at radius 1 is 1.15 bits per heavy atom. The van der Waals surface area contributed by atoms with Crippen molar-refractivity contribution in [3.05, 3.63) is 5.89 Å². The second kappa shape index (κ2) is 8.92. The number of methoxy groups -OCH3 is 1. The lowest BCUT2D eigenvalue weighted by atomic mass is 9.97. The molecule has 1 saturated carbocycles. The van der Waals surface area contributed by atoms with Crippen LogP contribution in [-0.4, -0.2) is 36.5 Å². The zero-order valence-corrected chi connectivity index (χ0v) is 12.4. The van der Waals surface area contributed by atoms with Crippen molar-refractivity contribution in [3.8, 4) is 0 Å². The molecule has 0 amide bonds. The van der Waals surface area contributed by atoms with Crippen LogP contribution in [0, 0.1) is 0 Å². The molecule has 20 heavy (non-hydrogen) atoms. The molecule has 0 spiro atoms. The van der Waals surface area contributed by atoms with Crippen LogP contribution >= 0.6 is 0 Å². The fraction of sp³-hybridized carbons (Fsp3) is 0.857. The van der Waals surface area contributed by atoms with E-state index in [1.165, 1.54) is 44.9 Å². The molecule has 1 aromatic rings. The predicted octanol–water partition coefficient (Wildman–Crippen LogP) is 2.33. The molecular formula is C14H26N4O2. The summed E-state index contributed by atoms with van der Waals surface area (Å²) in [7, 11) is 1.69. The van der Waals surface area contributed by atoms with E-state index in [0.717, 1.165) is 6.54 Å². The minimum absolute atomic E-state index is 0.477. The zero-order chi connectivity index (χ0) is 14.0. The minimum Gasteiger partial charge on any atom is -0.407 e. The van der Waals surface area contributed by atoms with Gasteiger partial charge in [0.1, 0.15) is 0 Å². The summed E-state index contributed by atoms with van der Waals surface area (Å²) in [6, 6.07) is 1.03. The first-order chi connectivity index (χ1) is 9.88. The summed E-state index contributed by atoms with van der Waals surface area (Å²) in [5, 5.41) is 14.7. The summed E-state index contributed by atoms with van der Waals surface area (Å²) in [4.78, 5) is 0. The fourth-order valence-corrected chi connectivity index (χ4v) is 2.53. The summed E-state index contributed by atoms with van der Waals surface area (Å²) < 4.78 is 10.6. The Hall–Kier alpha value is -1.14. The third-order valence-electron chi connectivity index (χ3n) is 3.66. The number of ether oxygens (including phenoxy) is 1. The number of nitrogens with zero attached hydrogens (tertiary/aromatic N) is 2. The van der Waals surface area contributed by atoms with Crippen molar-refractivity contribution in [3.63, 3.8) is 0 Å². The molecule has 2 rings (SSSR count). The van der Waals surface area contributed by atoms with Crippen LogP contribution in [0.4, 0.5) is 6.01 Å². The highest BCUT2D eigenvalue weighted by atomic mass is 16.5. The molecule has 0 bridgehead atoms. The number of nitrogens with one attached hydrogen (secondary N) is 2. The van der Waals surface area contributed by atoms with Gasteiger partial charge in [0.15, 0.2) is 0 Å². The van der Waals surface area contributed by atoms with Gasteiger partial charge in [-0.1, -0.05) is 37.2 Å². The molecule has 0 atom stereocenters. The molecule has 0 aromatic carbocycles. The van der Waals surface area contributed by atoms with Gasteiger partial charge in [-0.2, -0.15) is 0 Å². The normalized spacial score (nSPS) is 17.6. The van der Waals surface area contributed by atoms with Gasteiger partial charge in [-0.05, 0) is 12.8 Å². The van der Waals surface area contributed by atoms with E-state index in [-0.39, 0.29) is 0 Å². The van der Waals surface area contributed by atoms with E-state index in [0.29, 0.717) is 31.1 Å². The maximum atomic E-state index is 5.60. The Bertz CT molecular complexity index is 362. The minimum atomic E-state index is 0.477. The fourth-order valence-electron chi connectivity index (χ4n) is 2.53. The van der Waals surface area contributed by atoms with Gasteiger partial charge in [-0.15, -0.1) is 5.10 Å². The number of aromatic nitrogens is 2. The van der Waals surface area contributed by atoms with Crippen molar-refractivity contribution >= 4 is 6.01 Å². The maximum Gasteiger partial charge on any atom is 0.315 e. The first kappa shape index (κ1) is 15.3. The van der Waals surface area contributed by atoms with Gasteiger partial charge in [0, 0.05) is 19.7 Å². The molecule has 2 N–H and O–H groups in total. The lowest BCUT2D eigenvalue weighted by Crippen LogP contribution is -2.20. The van der Waals surface area contributed by atoms with Crippen molar-refractivity contribution < 1.29 is 9.15 Å². The number of hydrogen-bond acceptors (Lipinski definition) is 6. The first-order valence-corrected chi connectivity index (χ1v) is 7.67. The van der Waals surface area contributed by atoms with Crippen LogP contribution in [0.2, 0.25) is 0 Å². The highest BCUT2D eigenvalue weighted by Crippen LogP contribution is 2.20. The summed E-state index contributed by atoms with van der Waals surface area (Å²) in [5.41, 5.74) is 0. The van der Waals surface area contributed by atoms with E-state index in [9.17, 15) is 0 Å². The van der Waals surface area contributed by atoms with Gasteiger partial charge in [0.05, 0.1) is 13.2 Å². The summed E-state index contributed by atoms with van der Waals surface area (Å²) in [6.45, 7) is 2.05. The van der Waals surface area contributed by atoms with Gasteiger partial charge in [0.2, 0.25) is 5.89 Å². The third kappa shape index (κ3) is 5.46. The zero-order valence-electron chi connectivity index (χ0n) is 12.4. The largest absolute Gasteiger partial charge is 0.407 e. The van der Waals surface area contributed by atoms with Crippen molar-refractivity contribution in [1.82, 2.24) is 15.5 Å². The number of anilines is 1. The Morgan fingerprint density at radius 2 is 1.90 bits per heavy atom. The number of hydrogen-bond donors (Lipinski definition) is 2. The Balaban J connectivity index is 1.73. The second-order valence-corrected chi connectivity index (χ2v) is 5.36. The monoisotopic (exact) mass is 282 g/mol. The van der Waals surface area contributed by atoms with Crippen molar-refractivity contribution in [1.29, 1.82) is 0 Å². The van der Waals surface area contributed by atoms with E-state index in [4.69, 9.17) is 9.15 Å². The topological polar surface area (TPSA) is 72.2 Å². The highest BCUT2D eigenvalue weighted by Gasteiger charge is 2.14. The summed E-state index contributed by atoms with van der Waals surface area (Å²) in [6.07, 6.45) is 9.04. The molecule has 1 fully saturated rings. The summed E-state index contributed by atoms with van der Waals surface area (Å²) >= 11 is 0. The quantitative estimate of drug-likeness (QED) is 0.748. The Kier molecular flexibility index (Phi) is 6.80. The molecule has 6 heteroatoms. The maximum absolute atomic E-state index is 5.60. The van der Waals surface area contributed by atoms with E-state index in [1.54, 1.807) is 7.11 Å². The SMILES string of the molecule is COCCNCc1nnc(NC2CCCCCCC2)o1. The first-order valence-electron chi connectivity index (χ1n) is 7.67. The van der Waals surface area contributed by atoms with Gasteiger partial charge >= 0.3 is 6.01 Å². The molecule has 114 valence electrons. The Labute approximate surface area is 120 Å². The smallest absolute Gasteiger partial charge is 0.315 e. The molecule has 0 radical (unpaired) electrons. The van der Waals surface area contributed by atoms with Crippen LogP contribution < -0.4 is 10.6 Å². The summed E-state index contributed by atoms with van der Waals surface area (Å²) in [5.74, 6) is 0.620. The molecule has 0 unspecified atom stereocenters. The van der Waals surface area contributed by atoms with Crippen molar-refractivity contribution in [2.45, 2.75) is 57.5 Å². The lowest BCUT2D eigenvalue weighted by Gasteiger charge is -2.19. The van der Waals surface area contributed by atoms with E-state index in [1.807, 2.05) is 0 Å². The van der Waals surface area contributed by atoms with Crippen LogP contribution in [0.3, 0.4) is 0 Å².